The molecule has 0 N–H and O–H groups in total. The first-order chi connectivity index (χ1) is 49.4. The topological polar surface area (TPSA) is 6.48 Å². The molecular formula is C99H80N2. The summed E-state index contributed by atoms with van der Waals surface area (Å²) in [4.78, 5) is 4.87. The van der Waals surface area contributed by atoms with Crippen LogP contribution >= 0.6 is 0 Å². The summed E-state index contributed by atoms with van der Waals surface area (Å²) in [7, 11) is 0. The number of anilines is 6. The van der Waals surface area contributed by atoms with Gasteiger partial charge in [0.05, 0.1) is 0 Å². The molecule has 14 aromatic carbocycles. The van der Waals surface area contributed by atoms with Gasteiger partial charge in [0.2, 0.25) is 0 Å². The lowest BCUT2D eigenvalue weighted by atomic mass is 9.73. The number of benzene rings is 14. The number of hydrogen-bond donors (Lipinski definition) is 0. The van der Waals surface area contributed by atoms with Crippen LogP contribution in [0.2, 0.25) is 0 Å². The summed E-state index contributed by atoms with van der Waals surface area (Å²) in [5.74, 6) is 0. The molecule has 0 saturated heterocycles. The van der Waals surface area contributed by atoms with Crippen molar-refractivity contribution in [2.45, 2.75) is 70.6 Å². The van der Waals surface area contributed by atoms with Crippen LogP contribution in [-0.2, 0) is 16.2 Å². The van der Waals surface area contributed by atoms with Gasteiger partial charge in [-0.15, -0.1) is 0 Å². The van der Waals surface area contributed by atoms with Crippen LogP contribution in [0.3, 0.4) is 0 Å². The molecule has 0 unspecified atom stereocenters. The Labute approximate surface area is 596 Å². The van der Waals surface area contributed by atoms with Crippen molar-refractivity contribution in [3.8, 4) is 77.9 Å². The number of fused-ring (bicyclic) bond motifs is 9. The zero-order chi connectivity index (χ0) is 68.4. The van der Waals surface area contributed by atoms with Crippen LogP contribution in [0.5, 0.6) is 0 Å². The molecule has 0 radical (unpaired) electrons. The van der Waals surface area contributed by atoms with Crippen LogP contribution in [0.25, 0.3) is 102 Å². The molecule has 0 atom stereocenters. The van der Waals surface area contributed by atoms with E-state index in [1.165, 1.54) is 134 Å². The summed E-state index contributed by atoms with van der Waals surface area (Å²) in [6, 6.07) is 121. The Morgan fingerprint density at radius 3 is 0.723 bits per heavy atom. The fourth-order valence-corrected chi connectivity index (χ4v) is 16.8. The molecule has 0 spiro atoms. The highest BCUT2D eigenvalue weighted by Crippen LogP contribution is 2.56. The standard InChI is InChI=1S/C99H80N2/c1-7-99(8-2)95-59-69(43-41-67-45-51-85-87-55-49-83(65-93(87)97(3,4)91(85)57-67)100(79-37-21-33-75(61-79)71-25-13-9-14-26-71)80-38-22-34-76(62-80)72-27-15-10-16-28-72)47-53-89(95)90-54-48-70(60-96(90)99)44-42-68-46-52-86-88-56-50-84(66-94(88)98(5,6)92(86)58-68)101(81-39-23-35-77(63-81)73-29-17-11-18-30-73)82-40-24-36-78(64-82)74-31-19-12-20-32-74/h9-66H,7-8H2,1-6H3/b43-41+,44-42+. The van der Waals surface area contributed by atoms with E-state index in [0.29, 0.717) is 0 Å². The molecule has 486 valence electrons. The second-order valence-electron chi connectivity index (χ2n) is 28.7. The lowest BCUT2D eigenvalue weighted by Gasteiger charge is -2.30. The van der Waals surface area contributed by atoms with Gasteiger partial charge in [-0.05, 0) is 219 Å². The molecule has 2 heteroatoms. The Bertz CT molecular complexity index is 5040. The molecule has 2 nitrogen and oxygen atoms in total. The van der Waals surface area contributed by atoms with Crippen LogP contribution in [0.1, 0.15) is 110 Å². The smallest absolute Gasteiger partial charge is 0.0467 e. The van der Waals surface area contributed by atoms with E-state index in [-0.39, 0.29) is 16.2 Å². The Morgan fingerprint density at radius 2 is 0.446 bits per heavy atom. The molecule has 3 aliphatic carbocycles. The van der Waals surface area contributed by atoms with Gasteiger partial charge >= 0.3 is 0 Å². The molecule has 0 amide bonds. The summed E-state index contributed by atoms with van der Waals surface area (Å²) >= 11 is 0. The monoisotopic (exact) mass is 1300 g/mol. The van der Waals surface area contributed by atoms with E-state index in [2.05, 4.69) is 403 Å². The predicted molar refractivity (Wildman–Crippen MR) is 430 cm³/mol. The van der Waals surface area contributed by atoms with Crippen molar-refractivity contribution in [1.29, 1.82) is 0 Å². The van der Waals surface area contributed by atoms with Crippen LogP contribution in [0.4, 0.5) is 34.1 Å². The Hall–Kier alpha value is -11.8. The quantitative estimate of drug-likeness (QED) is 0.0890. The zero-order valence-corrected chi connectivity index (χ0v) is 58.3. The maximum Gasteiger partial charge on any atom is 0.0467 e. The molecule has 0 aliphatic heterocycles. The maximum absolute atomic E-state index is 2.48. The van der Waals surface area contributed by atoms with Gasteiger partial charge in [-0.3, -0.25) is 0 Å². The molecule has 0 heterocycles. The zero-order valence-electron chi connectivity index (χ0n) is 58.3. The molecule has 101 heavy (non-hydrogen) atoms. The molecule has 0 fully saturated rings. The third kappa shape index (κ3) is 11.2. The number of nitrogens with zero attached hydrogens (tertiary/aromatic N) is 2. The molecule has 0 bridgehead atoms. The summed E-state index contributed by atoms with van der Waals surface area (Å²) in [5.41, 5.74) is 36.7. The minimum atomic E-state index is -0.237. The van der Waals surface area contributed by atoms with Gasteiger partial charge in [0.15, 0.2) is 0 Å². The van der Waals surface area contributed by atoms with Gasteiger partial charge in [0, 0.05) is 50.4 Å². The van der Waals surface area contributed by atoms with Gasteiger partial charge in [-0.2, -0.15) is 0 Å². The molecule has 17 rings (SSSR count). The van der Waals surface area contributed by atoms with E-state index in [0.717, 1.165) is 47.0 Å². The lowest BCUT2D eigenvalue weighted by molar-refractivity contribution is 0.490. The van der Waals surface area contributed by atoms with E-state index in [1.54, 1.807) is 0 Å². The number of hydrogen-bond acceptors (Lipinski definition) is 2. The van der Waals surface area contributed by atoms with Gasteiger partial charge < -0.3 is 9.80 Å². The molecular weight excluding hydrogens is 1220 g/mol. The average molecular weight is 1300 g/mol. The molecule has 14 aromatic rings. The van der Waals surface area contributed by atoms with Crippen molar-refractivity contribution in [3.63, 3.8) is 0 Å². The van der Waals surface area contributed by atoms with Gasteiger partial charge in [0.1, 0.15) is 0 Å². The Morgan fingerprint density at radius 1 is 0.218 bits per heavy atom. The summed E-state index contributed by atoms with van der Waals surface area (Å²) in [6.45, 7) is 14.4. The van der Waals surface area contributed by atoms with Gasteiger partial charge in [-0.25, -0.2) is 0 Å². The average Bonchev–Trinajstić information content (AvgIpc) is 1.59. The summed E-state index contributed by atoms with van der Waals surface area (Å²) in [5, 5.41) is 0. The molecule has 0 saturated carbocycles. The highest BCUT2D eigenvalue weighted by molar-refractivity contribution is 5.92. The molecule has 0 aromatic heterocycles. The fourth-order valence-electron chi connectivity index (χ4n) is 16.8. The van der Waals surface area contributed by atoms with Crippen LogP contribution < -0.4 is 9.80 Å². The van der Waals surface area contributed by atoms with E-state index < -0.39 is 0 Å². The third-order valence-electron chi connectivity index (χ3n) is 22.3. The summed E-state index contributed by atoms with van der Waals surface area (Å²) < 4.78 is 0. The van der Waals surface area contributed by atoms with Crippen LogP contribution in [0.15, 0.2) is 328 Å². The van der Waals surface area contributed by atoms with Crippen LogP contribution in [0, 0.1) is 0 Å². The largest absolute Gasteiger partial charge is 0.310 e. The number of rotatable bonds is 16. The molecule has 3 aliphatic rings. The summed E-state index contributed by atoms with van der Waals surface area (Å²) in [6.07, 6.45) is 11.3. The van der Waals surface area contributed by atoms with Crippen molar-refractivity contribution in [2.75, 3.05) is 9.80 Å². The SMILES string of the molecule is CCC1(CC)c2cc(/C=C/c3ccc4c(c3)C(C)(C)c3cc(N(c5cccc(-c6ccccc6)c5)c5cccc(-c6ccccc6)c5)ccc3-4)ccc2-c2ccc(/C=C/c3ccc4c(c3)C(C)(C)c3cc(N(c5cccc(-c6ccccc6)c5)c5cccc(-c6ccccc6)c5)ccc3-4)cc21. The lowest BCUT2D eigenvalue weighted by Crippen LogP contribution is -2.23. The van der Waals surface area contributed by atoms with Crippen LogP contribution in [-0.4, -0.2) is 0 Å². The first-order valence-electron chi connectivity index (χ1n) is 35.9. The van der Waals surface area contributed by atoms with Crippen molar-refractivity contribution < 1.29 is 0 Å². The second kappa shape index (κ2) is 25.5. The van der Waals surface area contributed by atoms with Crippen molar-refractivity contribution in [2.24, 2.45) is 0 Å². The van der Waals surface area contributed by atoms with E-state index in [4.69, 9.17) is 0 Å². The van der Waals surface area contributed by atoms with Crippen molar-refractivity contribution in [3.05, 3.63) is 383 Å². The van der Waals surface area contributed by atoms with E-state index in [1.807, 2.05) is 0 Å². The first kappa shape index (κ1) is 62.7. The van der Waals surface area contributed by atoms with Crippen molar-refractivity contribution >= 4 is 58.4 Å². The maximum atomic E-state index is 2.48. The van der Waals surface area contributed by atoms with Gasteiger partial charge in [0.25, 0.3) is 0 Å². The first-order valence-corrected chi connectivity index (χ1v) is 35.9. The second-order valence-corrected chi connectivity index (χ2v) is 28.7. The predicted octanol–water partition coefficient (Wildman–Crippen LogP) is 27.3. The normalized spacial score (nSPS) is 13.9. The van der Waals surface area contributed by atoms with Crippen molar-refractivity contribution in [1.82, 2.24) is 0 Å². The Kier molecular flexibility index (Phi) is 15.8. The third-order valence-corrected chi connectivity index (χ3v) is 22.3. The van der Waals surface area contributed by atoms with E-state index >= 15 is 0 Å². The van der Waals surface area contributed by atoms with Gasteiger partial charge in [-0.1, -0.05) is 321 Å². The minimum Gasteiger partial charge on any atom is -0.310 e. The fraction of sp³-hybridized carbons (Fsp3) is 0.111. The minimum absolute atomic E-state index is 0.0985. The highest BCUT2D eigenvalue weighted by atomic mass is 15.1. The Balaban J connectivity index is 0.629. The highest BCUT2D eigenvalue weighted by Gasteiger charge is 2.42. The van der Waals surface area contributed by atoms with E-state index in [9.17, 15) is 0 Å².